The summed E-state index contributed by atoms with van der Waals surface area (Å²) in [4.78, 5) is 0. The Kier molecular flexibility index (Phi) is 5.86. The van der Waals surface area contributed by atoms with Crippen molar-refractivity contribution in [2.75, 3.05) is 7.11 Å². The lowest BCUT2D eigenvalue weighted by molar-refractivity contribution is -0.137. The third-order valence-corrected chi connectivity index (χ3v) is 3.65. The smallest absolute Gasteiger partial charge is 0.416 e. The Morgan fingerprint density at radius 1 is 1.08 bits per heavy atom. The zero-order chi connectivity index (χ0) is 18.4. The van der Waals surface area contributed by atoms with Crippen molar-refractivity contribution < 1.29 is 17.9 Å². The Bertz CT molecular complexity index is 800. The molecule has 25 heavy (non-hydrogen) atoms. The number of rotatable bonds is 5. The normalized spacial score (nSPS) is 12.0. The van der Waals surface area contributed by atoms with E-state index >= 15 is 0 Å². The summed E-state index contributed by atoms with van der Waals surface area (Å²) in [6.45, 7) is 5.75. The van der Waals surface area contributed by atoms with Gasteiger partial charge in [-0.05, 0) is 30.2 Å². The molecule has 2 aromatic carbocycles. The van der Waals surface area contributed by atoms with Gasteiger partial charge in [-0.2, -0.15) is 13.2 Å². The van der Waals surface area contributed by atoms with Gasteiger partial charge in [0.25, 0.3) is 0 Å². The van der Waals surface area contributed by atoms with Crippen LogP contribution >= 0.6 is 0 Å². The summed E-state index contributed by atoms with van der Waals surface area (Å²) in [7, 11) is 1.45. The number of halogens is 3. The van der Waals surface area contributed by atoms with Gasteiger partial charge in [0.15, 0.2) is 0 Å². The molecule has 0 N–H and O–H groups in total. The molecule has 0 fully saturated rings. The number of hydrogen-bond acceptors (Lipinski definition) is 1. The second-order valence-corrected chi connectivity index (χ2v) is 5.38. The standard InChI is InChI=1S/C21H19F3O/c1-4-5-7-10-15(2)18-13-17(21(22,23)24)14-19(20(18)25-3)16-11-8-6-9-12-16/h4-14H,2H2,1,3H3/b5-4-,10-7-. The van der Waals surface area contributed by atoms with E-state index < -0.39 is 11.7 Å². The summed E-state index contributed by atoms with van der Waals surface area (Å²) in [5, 5.41) is 0. The van der Waals surface area contributed by atoms with Crippen LogP contribution < -0.4 is 4.74 Å². The highest BCUT2D eigenvalue weighted by Gasteiger charge is 2.32. The maximum atomic E-state index is 13.4. The first-order chi connectivity index (χ1) is 11.9. The molecule has 0 unspecified atom stereocenters. The summed E-state index contributed by atoms with van der Waals surface area (Å²) < 4.78 is 45.6. The predicted molar refractivity (Wildman–Crippen MR) is 96.4 cm³/mol. The molecule has 2 rings (SSSR count). The quantitative estimate of drug-likeness (QED) is 0.561. The van der Waals surface area contributed by atoms with E-state index in [9.17, 15) is 13.2 Å². The number of hydrogen-bond donors (Lipinski definition) is 0. The second-order valence-electron chi connectivity index (χ2n) is 5.38. The number of benzene rings is 2. The van der Waals surface area contributed by atoms with Gasteiger partial charge in [-0.25, -0.2) is 0 Å². The molecule has 0 aromatic heterocycles. The van der Waals surface area contributed by atoms with Crippen molar-refractivity contribution >= 4 is 5.57 Å². The van der Waals surface area contributed by atoms with Crippen LogP contribution in [0.4, 0.5) is 13.2 Å². The van der Waals surface area contributed by atoms with Crippen molar-refractivity contribution in [3.05, 3.63) is 84.5 Å². The Labute approximate surface area is 145 Å². The first kappa shape index (κ1) is 18.6. The molecule has 0 saturated heterocycles. The SMILES string of the molecule is C=C(/C=C\C=C/C)c1cc(C(F)(F)F)cc(-c2ccccc2)c1OC. The highest BCUT2D eigenvalue weighted by atomic mass is 19.4. The monoisotopic (exact) mass is 344 g/mol. The van der Waals surface area contributed by atoms with Crippen molar-refractivity contribution in [3.8, 4) is 16.9 Å². The van der Waals surface area contributed by atoms with Gasteiger partial charge in [-0.15, -0.1) is 0 Å². The Morgan fingerprint density at radius 3 is 2.32 bits per heavy atom. The first-order valence-electron chi connectivity index (χ1n) is 7.71. The molecule has 0 radical (unpaired) electrons. The van der Waals surface area contributed by atoms with Crippen LogP contribution in [0.15, 0.2) is 73.3 Å². The molecule has 130 valence electrons. The fourth-order valence-electron chi connectivity index (χ4n) is 2.46. The van der Waals surface area contributed by atoms with Gasteiger partial charge in [0.1, 0.15) is 5.75 Å². The lowest BCUT2D eigenvalue weighted by Crippen LogP contribution is -2.07. The summed E-state index contributed by atoms with van der Waals surface area (Å²) >= 11 is 0. The first-order valence-corrected chi connectivity index (χ1v) is 7.71. The van der Waals surface area contributed by atoms with Crippen LogP contribution in [0.25, 0.3) is 16.7 Å². The average Bonchev–Trinajstić information content (AvgIpc) is 2.60. The topological polar surface area (TPSA) is 9.23 Å². The fourth-order valence-corrected chi connectivity index (χ4v) is 2.46. The van der Waals surface area contributed by atoms with Gasteiger partial charge in [-0.1, -0.05) is 61.2 Å². The van der Waals surface area contributed by atoms with Crippen LogP contribution in [0.3, 0.4) is 0 Å². The molecule has 0 bridgehead atoms. The zero-order valence-electron chi connectivity index (χ0n) is 14.1. The highest BCUT2D eigenvalue weighted by molar-refractivity contribution is 5.84. The molecule has 0 heterocycles. The third-order valence-electron chi connectivity index (χ3n) is 3.65. The van der Waals surface area contributed by atoms with Gasteiger partial charge in [-0.3, -0.25) is 0 Å². The average molecular weight is 344 g/mol. The summed E-state index contributed by atoms with van der Waals surface area (Å²) in [6, 6.07) is 11.0. The minimum Gasteiger partial charge on any atom is -0.495 e. The van der Waals surface area contributed by atoms with Crippen LogP contribution in [0, 0.1) is 0 Å². The largest absolute Gasteiger partial charge is 0.495 e. The number of methoxy groups -OCH3 is 1. The minimum absolute atomic E-state index is 0.317. The van der Waals surface area contributed by atoms with Gasteiger partial charge in [0, 0.05) is 11.1 Å². The highest BCUT2D eigenvalue weighted by Crippen LogP contribution is 2.42. The van der Waals surface area contributed by atoms with Gasteiger partial charge >= 0.3 is 6.18 Å². The lowest BCUT2D eigenvalue weighted by Gasteiger charge is -2.18. The molecule has 0 atom stereocenters. The van der Waals surface area contributed by atoms with E-state index in [4.69, 9.17) is 4.74 Å². The van der Waals surface area contributed by atoms with Crippen LogP contribution in [0.5, 0.6) is 5.75 Å². The Morgan fingerprint density at radius 2 is 1.76 bits per heavy atom. The van der Waals surface area contributed by atoms with E-state index in [2.05, 4.69) is 6.58 Å². The van der Waals surface area contributed by atoms with Crippen LogP contribution in [0.1, 0.15) is 18.1 Å². The van der Waals surface area contributed by atoms with Crippen molar-refractivity contribution in [2.45, 2.75) is 13.1 Å². The Hall–Kier alpha value is -2.75. The molecule has 2 aromatic rings. The maximum absolute atomic E-state index is 13.4. The van der Waals surface area contributed by atoms with E-state index in [-0.39, 0.29) is 0 Å². The van der Waals surface area contributed by atoms with Crippen LogP contribution in [-0.4, -0.2) is 7.11 Å². The fraction of sp³-hybridized carbons (Fsp3) is 0.143. The summed E-state index contributed by atoms with van der Waals surface area (Å²) in [5.74, 6) is 0.370. The van der Waals surface area contributed by atoms with Gasteiger partial charge < -0.3 is 4.74 Å². The van der Waals surface area contributed by atoms with E-state index in [0.717, 1.165) is 12.1 Å². The molecular weight excluding hydrogens is 325 g/mol. The van der Waals surface area contributed by atoms with Crippen molar-refractivity contribution in [1.82, 2.24) is 0 Å². The third kappa shape index (κ3) is 4.41. The van der Waals surface area contributed by atoms with Crippen molar-refractivity contribution in [1.29, 1.82) is 0 Å². The lowest BCUT2D eigenvalue weighted by atomic mass is 9.94. The molecule has 1 nitrogen and oxygen atoms in total. The van der Waals surface area contributed by atoms with Crippen LogP contribution in [0.2, 0.25) is 0 Å². The van der Waals surface area contributed by atoms with E-state index in [1.54, 1.807) is 42.5 Å². The van der Waals surface area contributed by atoms with Gasteiger partial charge in [0.2, 0.25) is 0 Å². The van der Waals surface area contributed by atoms with Crippen molar-refractivity contribution in [2.24, 2.45) is 0 Å². The van der Waals surface area contributed by atoms with E-state index in [1.807, 2.05) is 19.1 Å². The molecule has 0 spiro atoms. The number of ether oxygens (including phenoxy) is 1. The second kappa shape index (κ2) is 7.88. The van der Waals surface area contributed by atoms with Crippen molar-refractivity contribution in [3.63, 3.8) is 0 Å². The minimum atomic E-state index is -4.46. The van der Waals surface area contributed by atoms with E-state index in [0.29, 0.717) is 28.0 Å². The number of allylic oxidation sites excluding steroid dienone is 5. The molecule has 0 aliphatic heterocycles. The van der Waals surface area contributed by atoms with E-state index in [1.165, 1.54) is 7.11 Å². The van der Waals surface area contributed by atoms with Gasteiger partial charge in [0.05, 0.1) is 12.7 Å². The summed E-state index contributed by atoms with van der Waals surface area (Å²) in [5.41, 5.74) is 1.06. The molecular formula is C21H19F3O. The molecule has 4 heteroatoms. The maximum Gasteiger partial charge on any atom is 0.416 e. The zero-order valence-corrected chi connectivity index (χ0v) is 14.1. The number of alkyl halides is 3. The Balaban J connectivity index is 2.71. The molecule has 0 saturated carbocycles. The molecule has 0 aliphatic rings. The molecule has 0 amide bonds. The predicted octanol–water partition coefficient (Wildman–Crippen LogP) is 6.53. The van der Waals surface area contributed by atoms with Crippen LogP contribution in [-0.2, 0) is 6.18 Å². The molecule has 0 aliphatic carbocycles. The summed E-state index contributed by atoms with van der Waals surface area (Å²) in [6.07, 6.45) is 2.53.